The lowest BCUT2D eigenvalue weighted by molar-refractivity contribution is -0.185. The van der Waals surface area contributed by atoms with E-state index in [1.54, 1.807) is 0 Å². The summed E-state index contributed by atoms with van der Waals surface area (Å²) in [4.78, 5) is 11.0. The van der Waals surface area contributed by atoms with Crippen LogP contribution in [0.3, 0.4) is 0 Å². The molecule has 18 heavy (non-hydrogen) atoms. The molecule has 6 nitrogen and oxygen atoms in total. The number of alkyl halides is 2. The number of rotatable bonds is 4. The molecule has 0 heterocycles. The van der Waals surface area contributed by atoms with Crippen LogP contribution >= 0.6 is 0 Å². The van der Waals surface area contributed by atoms with Gasteiger partial charge in [-0.15, -0.1) is 0 Å². The molecular weight excluding hydrogens is 274 g/mol. The summed E-state index contributed by atoms with van der Waals surface area (Å²) in [5.74, 6) is -2.87. The maximum absolute atomic E-state index is 12.9. The first-order valence-electron chi connectivity index (χ1n) is 5.15. The van der Waals surface area contributed by atoms with Crippen LogP contribution in [0.2, 0.25) is 0 Å². The number of hydrogen-bond donors (Lipinski definition) is 2. The molecule has 1 saturated carbocycles. The molecule has 2 atom stereocenters. The molecular formula is C9H14F2O6S. The zero-order valence-corrected chi connectivity index (χ0v) is 10.6. The monoisotopic (exact) mass is 288 g/mol. The molecule has 2 N–H and O–H groups in total. The molecule has 2 unspecified atom stereocenters. The third-order valence-corrected chi connectivity index (χ3v) is 3.75. The number of ether oxygens (including phenoxy) is 1. The number of carbonyl (C=O) groups excluding carboxylic acids is 1. The lowest BCUT2D eigenvalue weighted by atomic mass is 9.72. The smallest absolute Gasteiger partial charge is 0.457 e. The summed E-state index contributed by atoms with van der Waals surface area (Å²) in [5, 5.41) is 4.64. The highest BCUT2D eigenvalue weighted by molar-refractivity contribution is 7.87. The number of hydrogen-bond acceptors (Lipinski definition) is 5. The second-order valence-corrected chi connectivity index (χ2v) is 6.24. The Morgan fingerprint density at radius 3 is 2.11 bits per heavy atom. The quantitative estimate of drug-likeness (QED) is 0.579. The van der Waals surface area contributed by atoms with Crippen LogP contribution < -0.4 is 0 Å². The van der Waals surface area contributed by atoms with Gasteiger partial charge in [0, 0.05) is 5.92 Å². The normalized spacial score (nSPS) is 25.4. The van der Waals surface area contributed by atoms with Gasteiger partial charge >= 0.3 is 21.3 Å². The molecule has 0 aromatic heterocycles. The maximum atomic E-state index is 12.9. The van der Waals surface area contributed by atoms with Gasteiger partial charge in [0.05, 0.1) is 5.60 Å². The van der Waals surface area contributed by atoms with E-state index in [9.17, 15) is 27.1 Å². The van der Waals surface area contributed by atoms with Gasteiger partial charge in [-0.2, -0.15) is 17.2 Å². The lowest BCUT2D eigenvalue weighted by Crippen LogP contribution is -2.51. The first kappa shape index (κ1) is 15.3. The predicted octanol–water partition coefficient (Wildman–Crippen LogP) is 0.560. The highest BCUT2D eigenvalue weighted by Crippen LogP contribution is 2.39. The van der Waals surface area contributed by atoms with Gasteiger partial charge in [0.15, 0.2) is 0 Å². The zero-order valence-electron chi connectivity index (χ0n) is 9.76. The first-order chi connectivity index (χ1) is 7.87. The van der Waals surface area contributed by atoms with Gasteiger partial charge in [-0.05, 0) is 26.7 Å². The summed E-state index contributed by atoms with van der Waals surface area (Å²) in [6.45, 7) is 2.86. The second kappa shape index (κ2) is 4.39. The van der Waals surface area contributed by atoms with Gasteiger partial charge in [-0.3, -0.25) is 4.55 Å². The average molecular weight is 288 g/mol. The Morgan fingerprint density at radius 2 is 1.83 bits per heavy atom. The molecule has 0 aromatic carbocycles. The molecule has 0 aromatic rings. The number of aliphatic hydroxyl groups is 1. The van der Waals surface area contributed by atoms with Crippen LogP contribution in [0.4, 0.5) is 8.78 Å². The Balaban J connectivity index is 2.73. The van der Waals surface area contributed by atoms with Gasteiger partial charge < -0.3 is 9.84 Å². The Labute approximate surface area is 103 Å². The van der Waals surface area contributed by atoms with Crippen molar-refractivity contribution in [3.05, 3.63) is 0 Å². The minimum atomic E-state index is -5.85. The van der Waals surface area contributed by atoms with Crippen molar-refractivity contribution in [2.24, 2.45) is 5.92 Å². The second-order valence-electron chi connectivity index (χ2n) is 4.77. The minimum Gasteiger partial charge on any atom is -0.457 e. The van der Waals surface area contributed by atoms with Gasteiger partial charge in [0.25, 0.3) is 0 Å². The summed E-state index contributed by atoms with van der Waals surface area (Å²) in [7, 11) is -5.85. The van der Waals surface area contributed by atoms with E-state index < -0.39 is 39.0 Å². The SMILES string of the molecule is CC(C)(O)C1CCC1OC(=O)C(F)(F)S(=O)(=O)O. The minimum absolute atomic E-state index is 0.252. The molecule has 0 amide bonds. The average Bonchev–Trinajstić information content (AvgIpc) is 2.06. The molecule has 0 saturated heterocycles. The topological polar surface area (TPSA) is 101 Å². The van der Waals surface area contributed by atoms with E-state index in [4.69, 9.17) is 4.55 Å². The van der Waals surface area contributed by atoms with Crippen molar-refractivity contribution in [1.82, 2.24) is 0 Å². The van der Waals surface area contributed by atoms with Crippen LogP contribution in [0.5, 0.6) is 0 Å². The van der Waals surface area contributed by atoms with E-state index in [-0.39, 0.29) is 6.42 Å². The molecule has 1 fully saturated rings. The molecule has 106 valence electrons. The highest BCUT2D eigenvalue weighted by Gasteiger charge is 2.56. The fourth-order valence-corrected chi connectivity index (χ4v) is 1.99. The van der Waals surface area contributed by atoms with Crippen LogP contribution in [-0.4, -0.2) is 41.0 Å². The summed E-state index contributed by atoms with van der Waals surface area (Å²) in [6.07, 6.45) is -0.258. The van der Waals surface area contributed by atoms with Crippen molar-refractivity contribution in [2.75, 3.05) is 0 Å². The fourth-order valence-electron chi connectivity index (χ4n) is 1.73. The van der Waals surface area contributed by atoms with Crippen molar-refractivity contribution in [1.29, 1.82) is 0 Å². The predicted molar refractivity (Wildman–Crippen MR) is 55.4 cm³/mol. The van der Waals surface area contributed by atoms with Gasteiger partial charge in [-0.1, -0.05) is 0 Å². The molecule has 0 bridgehead atoms. The Bertz CT molecular complexity index is 438. The molecule has 1 aliphatic carbocycles. The van der Waals surface area contributed by atoms with Crippen molar-refractivity contribution in [3.63, 3.8) is 0 Å². The molecule has 0 radical (unpaired) electrons. The standard InChI is InChI=1S/C9H14F2O6S/c1-8(2,13)5-3-4-6(5)17-7(12)9(10,11)18(14,15)16/h5-6,13H,3-4H2,1-2H3,(H,14,15,16). The molecule has 1 rings (SSSR count). The van der Waals surface area contributed by atoms with Crippen LogP contribution in [0.25, 0.3) is 0 Å². The summed E-state index contributed by atoms with van der Waals surface area (Å²) >= 11 is 0. The third kappa shape index (κ3) is 2.78. The number of carbonyl (C=O) groups is 1. The van der Waals surface area contributed by atoms with Crippen LogP contribution in [0, 0.1) is 5.92 Å². The van der Waals surface area contributed by atoms with Gasteiger partial charge in [0.2, 0.25) is 0 Å². The maximum Gasteiger partial charge on any atom is 0.465 e. The lowest BCUT2D eigenvalue weighted by Gasteiger charge is -2.43. The van der Waals surface area contributed by atoms with Crippen LogP contribution in [0.1, 0.15) is 26.7 Å². The van der Waals surface area contributed by atoms with Crippen molar-refractivity contribution >= 4 is 16.1 Å². The Hall–Kier alpha value is -0.800. The van der Waals surface area contributed by atoms with Crippen molar-refractivity contribution in [2.45, 2.75) is 43.6 Å². The number of esters is 1. The van der Waals surface area contributed by atoms with E-state index in [1.165, 1.54) is 13.8 Å². The van der Waals surface area contributed by atoms with Crippen molar-refractivity contribution < 1.29 is 36.4 Å². The summed E-state index contributed by atoms with van der Waals surface area (Å²) in [6, 6.07) is 0. The number of halogens is 2. The van der Waals surface area contributed by atoms with E-state index in [2.05, 4.69) is 4.74 Å². The fraction of sp³-hybridized carbons (Fsp3) is 0.889. The van der Waals surface area contributed by atoms with E-state index >= 15 is 0 Å². The van der Waals surface area contributed by atoms with Crippen LogP contribution in [0.15, 0.2) is 0 Å². The highest BCUT2D eigenvalue weighted by atomic mass is 32.2. The Morgan fingerprint density at radius 1 is 1.33 bits per heavy atom. The van der Waals surface area contributed by atoms with Crippen LogP contribution in [-0.2, 0) is 19.6 Å². The molecule has 1 aliphatic rings. The van der Waals surface area contributed by atoms with Crippen molar-refractivity contribution in [3.8, 4) is 0 Å². The molecule has 9 heteroatoms. The van der Waals surface area contributed by atoms with Gasteiger partial charge in [0.1, 0.15) is 6.10 Å². The van der Waals surface area contributed by atoms with Gasteiger partial charge in [-0.25, -0.2) is 4.79 Å². The molecule has 0 aliphatic heterocycles. The first-order valence-corrected chi connectivity index (χ1v) is 6.59. The van der Waals surface area contributed by atoms with E-state index in [0.29, 0.717) is 6.42 Å². The van der Waals surface area contributed by atoms with E-state index in [0.717, 1.165) is 0 Å². The molecule has 0 spiro atoms. The largest absolute Gasteiger partial charge is 0.465 e. The zero-order chi connectivity index (χ0) is 14.4. The van der Waals surface area contributed by atoms with E-state index in [1.807, 2.05) is 0 Å². The Kier molecular flexibility index (Phi) is 3.72. The summed E-state index contributed by atoms with van der Waals surface area (Å²) in [5.41, 5.74) is -1.23. The summed E-state index contributed by atoms with van der Waals surface area (Å²) < 4.78 is 59.0. The third-order valence-electron chi connectivity index (χ3n) is 2.94.